The van der Waals surface area contributed by atoms with Crippen LogP contribution in [0, 0.1) is 0 Å². The molecule has 0 aromatic carbocycles. The van der Waals surface area contributed by atoms with Crippen molar-refractivity contribution in [2.45, 2.75) is 18.9 Å². The standard InChI is InChI=1S/C10H19N3O2S/c1-11-10(12-7-8-16(2,14)15)13-9-5-3-4-6-9/h3-4,9H,5-8H2,1-2H3,(H2,11,12,13). The second kappa shape index (κ2) is 5.89. The Morgan fingerprint density at radius 3 is 2.56 bits per heavy atom. The first kappa shape index (κ1) is 13.0. The van der Waals surface area contributed by atoms with E-state index in [9.17, 15) is 8.42 Å². The first-order valence-corrected chi connectivity index (χ1v) is 7.37. The lowest BCUT2D eigenvalue weighted by atomic mass is 10.2. The van der Waals surface area contributed by atoms with E-state index in [-0.39, 0.29) is 5.75 Å². The summed E-state index contributed by atoms with van der Waals surface area (Å²) in [5.41, 5.74) is 0. The molecule has 0 spiro atoms. The topological polar surface area (TPSA) is 70.6 Å². The van der Waals surface area contributed by atoms with Gasteiger partial charge in [-0.3, -0.25) is 4.99 Å². The number of hydrogen-bond acceptors (Lipinski definition) is 3. The predicted octanol–water partition coefficient (Wildman–Crippen LogP) is -0.0854. The minimum atomic E-state index is -2.91. The average Bonchev–Trinajstić information content (AvgIpc) is 2.67. The van der Waals surface area contributed by atoms with E-state index < -0.39 is 9.84 Å². The highest BCUT2D eigenvalue weighted by Crippen LogP contribution is 2.08. The zero-order chi connectivity index (χ0) is 12.0. The van der Waals surface area contributed by atoms with Gasteiger partial charge in [0.1, 0.15) is 9.84 Å². The molecule has 0 saturated carbocycles. The fourth-order valence-electron chi connectivity index (χ4n) is 1.48. The third-order valence-corrected chi connectivity index (χ3v) is 3.28. The van der Waals surface area contributed by atoms with Gasteiger partial charge in [-0.2, -0.15) is 0 Å². The van der Waals surface area contributed by atoms with Crippen molar-refractivity contribution < 1.29 is 8.42 Å². The van der Waals surface area contributed by atoms with Crippen LogP contribution in [0.15, 0.2) is 17.1 Å². The number of nitrogens with one attached hydrogen (secondary N) is 2. The van der Waals surface area contributed by atoms with Gasteiger partial charge < -0.3 is 10.6 Å². The molecule has 0 bridgehead atoms. The van der Waals surface area contributed by atoms with Crippen molar-refractivity contribution >= 4 is 15.8 Å². The van der Waals surface area contributed by atoms with Crippen LogP contribution in [0.2, 0.25) is 0 Å². The molecule has 1 aliphatic rings. The lowest BCUT2D eigenvalue weighted by Gasteiger charge is -2.16. The van der Waals surface area contributed by atoms with Crippen LogP contribution in [0.5, 0.6) is 0 Å². The predicted molar refractivity (Wildman–Crippen MR) is 66.4 cm³/mol. The van der Waals surface area contributed by atoms with E-state index in [1.54, 1.807) is 7.05 Å². The number of nitrogens with zero attached hydrogens (tertiary/aromatic N) is 1. The SMILES string of the molecule is CN=C(NCCS(C)(=O)=O)NC1CC=CC1. The molecule has 0 radical (unpaired) electrons. The van der Waals surface area contributed by atoms with Gasteiger partial charge in [0.25, 0.3) is 0 Å². The van der Waals surface area contributed by atoms with Crippen LogP contribution in [0.25, 0.3) is 0 Å². The van der Waals surface area contributed by atoms with Gasteiger partial charge in [-0.05, 0) is 12.8 Å². The second-order valence-electron chi connectivity index (χ2n) is 3.91. The lowest BCUT2D eigenvalue weighted by molar-refractivity contribution is 0.599. The Labute approximate surface area is 96.9 Å². The van der Waals surface area contributed by atoms with Crippen molar-refractivity contribution in [3.05, 3.63) is 12.2 Å². The Hall–Kier alpha value is -1.04. The van der Waals surface area contributed by atoms with Gasteiger partial charge in [-0.1, -0.05) is 12.2 Å². The maximum atomic E-state index is 10.9. The van der Waals surface area contributed by atoms with Crippen molar-refractivity contribution in [3.8, 4) is 0 Å². The molecule has 0 fully saturated rings. The smallest absolute Gasteiger partial charge is 0.191 e. The summed E-state index contributed by atoms with van der Waals surface area (Å²) in [5, 5.41) is 6.22. The van der Waals surface area contributed by atoms with Crippen molar-refractivity contribution in [2.75, 3.05) is 25.6 Å². The van der Waals surface area contributed by atoms with Crippen molar-refractivity contribution in [1.82, 2.24) is 10.6 Å². The molecule has 2 N–H and O–H groups in total. The normalized spacial score (nSPS) is 17.8. The summed E-state index contributed by atoms with van der Waals surface area (Å²) in [4.78, 5) is 4.04. The number of hydrogen-bond donors (Lipinski definition) is 2. The Morgan fingerprint density at radius 1 is 1.44 bits per heavy atom. The largest absolute Gasteiger partial charge is 0.355 e. The molecule has 16 heavy (non-hydrogen) atoms. The molecular weight excluding hydrogens is 226 g/mol. The van der Waals surface area contributed by atoms with E-state index in [1.807, 2.05) is 0 Å². The second-order valence-corrected chi connectivity index (χ2v) is 6.17. The van der Waals surface area contributed by atoms with Crippen LogP contribution in [-0.2, 0) is 9.84 Å². The highest BCUT2D eigenvalue weighted by molar-refractivity contribution is 7.90. The van der Waals surface area contributed by atoms with E-state index in [2.05, 4.69) is 27.8 Å². The summed E-state index contributed by atoms with van der Waals surface area (Å²) in [6.07, 6.45) is 7.47. The number of rotatable bonds is 4. The Balaban J connectivity index is 2.27. The van der Waals surface area contributed by atoms with E-state index in [1.165, 1.54) is 6.26 Å². The number of guanidine groups is 1. The number of aliphatic imine (C=N–C) groups is 1. The molecule has 0 aromatic rings. The Morgan fingerprint density at radius 2 is 2.06 bits per heavy atom. The van der Waals surface area contributed by atoms with E-state index in [4.69, 9.17) is 0 Å². The maximum absolute atomic E-state index is 10.9. The lowest BCUT2D eigenvalue weighted by Crippen LogP contribution is -2.43. The molecule has 5 nitrogen and oxygen atoms in total. The molecule has 0 saturated heterocycles. The van der Waals surface area contributed by atoms with Gasteiger partial charge in [0.2, 0.25) is 0 Å². The summed E-state index contributed by atoms with van der Waals surface area (Å²) in [6.45, 7) is 0.388. The zero-order valence-corrected chi connectivity index (χ0v) is 10.5. The van der Waals surface area contributed by atoms with Crippen LogP contribution in [-0.4, -0.2) is 46.0 Å². The molecule has 0 amide bonds. The van der Waals surface area contributed by atoms with Crippen molar-refractivity contribution in [1.29, 1.82) is 0 Å². The molecule has 1 aliphatic carbocycles. The third-order valence-electron chi connectivity index (χ3n) is 2.34. The summed E-state index contributed by atoms with van der Waals surface area (Å²) in [6, 6.07) is 0.379. The van der Waals surface area contributed by atoms with Crippen LogP contribution in [0.4, 0.5) is 0 Å². The molecule has 0 unspecified atom stereocenters. The molecule has 0 heterocycles. The molecule has 92 valence electrons. The minimum absolute atomic E-state index is 0.122. The van der Waals surface area contributed by atoms with Gasteiger partial charge in [-0.15, -0.1) is 0 Å². The highest BCUT2D eigenvalue weighted by Gasteiger charge is 2.11. The molecule has 0 aliphatic heterocycles. The van der Waals surface area contributed by atoms with Gasteiger partial charge in [0, 0.05) is 25.9 Å². The Kier molecular flexibility index (Phi) is 4.79. The minimum Gasteiger partial charge on any atom is -0.355 e. The van der Waals surface area contributed by atoms with E-state index >= 15 is 0 Å². The summed E-state index contributed by atoms with van der Waals surface area (Å²) >= 11 is 0. The van der Waals surface area contributed by atoms with Crippen LogP contribution in [0.3, 0.4) is 0 Å². The molecule has 0 atom stereocenters. The van der Waals surface area contributed by atoms with E-state index in [0.717, 1.165) is 12.8 Å². The fraction of sp³-hybridized carbons (Fsp3) is 0.700. The molecule has 6 heteroatoms. The van der Waals surface area contributed by atoms with Gasteiger partial charge in [-0.25, -0.2) is 8.42 Å². The van der Waals surface area contributed by atoms with Crippen molar-refractivity contribution in [3.63, 3.8) is 0 Å². The average molecular weight is 245 g/mol. The summed E-state index contributed by atoms with van der Waals surface area (Å²) < 4.78 is 21.9. The maximum Gasteiger partial charge on any atom is 0.191 e. The Bertz CT molecular complexity index is 366. The van der Waals surface area contributed by atoms with Gasteiger partial charge >= 0.3 is 0 Å². The first-order chi connectivity index (χ1) is 7.51. The van der Waals surface area contributed by atoms with Crippen LogP contribution < -0.4 is 10.6 Å². The highest BCUT2D eigenvalue weighted by atomic mass is 32.2. The summed E-state index contributed by atoms with van der Waals surface area (Å²) in [7, 11) is -1.23. The molecular formula is C10H19N3O2S. The van der Waals surface area contributed by atoms with Gasteiger partial charge in [0.15, 0.2) is 5.96 Å². The first-order valence-electron chi connectivity index (χ1n) is 5.31. The summed E-state index contributed by atoms with van der Waals surface area (Å²) in [5.74, 6) is 0.786. The third kappa shape index (κ3) is 5.16. The fourth-order valence-corrected chi connectivity index (χ4v) is 1.95. The molecule has 1 rings (SSSR count). The van der Waals surface area contributed by atoms with Crippen LogP contribution >= 0.6 is 0 Å². The number of sulfone groups is 1. The van der Waals surface area contributed by atoms with E-state index in [0.29, 0.717) is 18.5 Å². The quantitative estimate of drug-likeness (QED) is 0.413. The van der Waals surface area contributed by atoms with Crippen LogP contribution in [0.1, 0.15) is 12.8 Å². The molecule has 0 aromatic heterocycles. The van der Waals surface area contributed by atoms with Crippen molar-refractivity contribution in [2.24, 2.45) is 4.99 Å². The van der Waals surface area contributed by atoms with Gasteiger partial charge in [0.05, 0.1) is 5.75 Å². The monoisotopic (exact) mass is 245 g/mol. The zero-order valence-electron chi connectivity index (χ0n) is 9.73.